The van der Waals surface area contributed by atoms with Crippen LogP contribution in [0.3, 0.4) is 0 Å². The average Bonchev–Trinajstić information content (AvgIpc) is 2.55. The monoisotopic (exact) mass is 283 g/mol. The van der Waals surface area contributed by atoms with E-state index in [9.17, 15) is 4.79 Å². The normalized spacial score (nSPS) is 25.9. The molecule has 0 atom stereocenters. The summed E-state index contributed by atoms with van der Waals surface area (Å²) >= 11 is 0. The maximum atomic E-state index is 13.0. The van der Waals surface area contributed by atoms with E-state index in [1.165, 1.54) is 0 Å². The van der Waals surface area contributed by atoms with E-state index in [1.54, 1.807) is 13.3 Å². The first-order chi connectivity index (χ1) is 10.1. The van der Waals surface area contributed by atoms with Gasteiger partial charge >= 0.3 is 0 Å². The molecule has 1 aromatic heterocycles. The molecular weight excluding hydrogens is 262 g/mol. The number of ketones is 1. The average molecular weight is 283 g/mol. The van der Waals surface area contributed by atoms with Crippen LogP contribution in [0.25, 0.3) is 10.9 Å². The van der Waals surface area contributed by atoms with Crippen molar-refractivity contribution in [1.29, 1.82) is 0 Å². The molecule has 0 unspecified atom stereocenters. The number of carbonyl (C=O) groups excluding carboxylic acids is 1. The maximum Gasteiger partial charge on any atom is 0.194 e. The molecule has 0 spiro atoms. The van der Waals surface area contributed by atoms with Crippen molar-refractivity contribution in [3.8, 4) is 0 Å². The summed E-state index contributed by atoms with van der Waals surface area (Å²) < 4.78 is 5.69. The van der Waals surface area contributed by atoms with E-state index >= 15 is 0 Å². The molecule has 110 valence electrons. The van der Waals surface area contributed by atoms with Crippen molar-refractivity contribution in [3.05, 3.63) is 42.1 Å². The molecule has 1 saturated carbocycles. The van der Waals surface area contributed by atoms with E-state index in [2.05, 4.69) is 11.9 Å². The summed E-state index contributed by atoms with van der Waals surface area (Å²) in [5.41, 5.74) is 0.922. The number of carbonyl (C=O) groups is 1. The molecular formula is C18H21NO2. The molecule has 21 heavy (non-hydrogen) atoms. The first kappa shape index (κ1) is 14.2. The van der Waals surface area contributed by atoms with Gasteiger partial charge in [0.05, 0.1) is 5.52 Å². The van der Waals surface area contributed by atoms with Crippen LogP contribution in [0.15, 0.2) is 36.5 Å². The van der Waals surface area contributed by atoms with Gasteiger partial charge in [-0.3, -0.25) is 9.78 Å². The Bertz CT molecular complexity index is 657. The molecule has 1 aliphatic carbocycles. The van der Waals surface area contributed by atoms with Crippen LogP contribution in [-0.2, 0) is 4.74 Å². The van der Waals surface area contributed by atoms with Crippen LogP contribution in [0.5, 0.6) is 0 Å². The summed E-state index contributed by atoms with van der Waals surface area (Å²) in [6.45, 7) is 2.24. The number of ether oxygens (including phenoxy) is 1. The van der Waals surface area contributed by atoms with Crippen molar-refractivity contribution in [1.82, 2.24) is 4.98 Å². The minimum Gasteiger partial charge on any atom is -0.370 e. The topological polar surface area (TPSA) is 39.2 Å². The summed E-state index contributed by atoms with van der Waals surface area (Å²) in [7, 11) is 1.66. The zero-order valence-electron chi connectivity index (χ0n) is 12.6. The predicted molar refractivity (Wildman–Crippen MR) is 83.4 cm³/mol. The molecule has 3 heteroatoms. The Morgan fingerprint density at radius 2 is 2.05 bits per heavy atom. The van der Waals surface area contributed by atoms with Gasteiger partial charge in [0.25, 0.3) is 0 Å². The lowest BCUT2D eigenvalue weighted by Crippen LogP contribution is -2.43. The Kier molecular flexibility index (Phi) is 3.77. The van der Waals surface area contributed by atoms with E-state index in [1.807, 2.05) is 30.3 Å². The first-order valence-electron chi connectivity index (χ1n) is 7.59. The zero-order valence-corrected chi connectivity index (χ0v) is 12.6. The molecule has 0 N–H and O–H groups in total. The van der Waals surface area contributed by atoms with Gasteiger partial charge in [0.15, 0.2) is 5.78 Å². The van der Waals surface area contributed by atoms with Gasteiger partial charge in [0.1, 0.15) is 5.60 Å². The molecule has 0 amide bonds. The molecule has 3 nitrogen and oxygen atoms in total. The number of methoxy groups -OCH3 is 1. The number of benzene rings is 1. The van der Waals surface area contributed by atoms with Crippen LogP contribution in [0.2, 0.25) is 0 Å². The number of pyridine rings is 1. The Hall–Kier alpha value is -1.74. The van der Waals surface area contributed by atoms with Gasteiger partial charge in [0, 0.05) is 24.3 Å². The van der Waals surface area contributed by atoms with Crippen molar-refractivity contribution in [3.63, 3.8) is 0 Å². The molecule has 1 aromatic carbocycles. The quantitative estimate of drug-likeness (QED) is 0.799. The zero-order chi connectivity index (χ0) is 14.9. The van der Waals surface area contributed by atoms with Crippen molar-refractivity contribution < 1.29 is 9.53 Å². The summed E-state index contributed by atoms with van der Waals surface area (Å²) in [4.78, 5) is 17.3. The smallest absolute Gasteiger partial charge is 0.194 e. The third-order valence-corrected chi connectivity index (χ3v) is 4.75. The van der Waals surface area contributed by atoms with Crippen LogP contribution in [0.1, 0.15) is 43.0 Å². The third kappa shape index (κ3) is 2.58. The largest absolute Gasteiger partial charge is 0.370 e. The minimum absolute atomic E-state index is 0.101. The fourth-order valence-corrected chi connectivity index (χ4v) is 3.22. The summed E-state index contributed by atoms with van der Waals surface area (Å²) in [5.74, 6) is 0.781. The van der Waals surface area contributed by atoms with E-state index in [0.717, 1.165) is 36.6 Å². The Balaban J connectivity index is 1.95. The summed E-state index contributed by atoms with van der Waals surface area (Å²) in [6.07, 6.45) is 5.47. The van der Waals surface area contributed by atoms with Crippen LogP contribution >= 0.6 is 0 Å². The van der Waals surface area contributed by atoms with Crippen LogP contribution in [-0.4, -0.2) is 23.5 Å². The first-order valence-corrected chi connectivity index (χ1v) is 7.59. The van der Waals surface area contributed by atoms with Crippen LogP contribution in [0, 0.1) is 5.92 Å². The van der Waals surface area contributed by atoms with Gasteiger partial charge in [-0.25, -0.2) is 0 Å². The van der Waals surface area contributed by atoms with Gasteiger partial charge in [-0.15, -0.1) is 0 Å². The molecule has 3 rings (SSSR count). The van der Waals surface area contributed by atoms with E-state index in [-0.39, 0.29) is 5.78 Å². The van der Waals surface area contributed by atoms with Gasteiger partial charge in [0.2, 0.25) is 0 Å². The third-order valence-electron chi connectivity index (χ3n) is 4.75. The lowest BCUT2D eigenvalue weighted by molar-refractivity contribution is -0.0263. The molecule has 2 aromatic rings. The number of aromatic nitrogens is 1. The summed E-state index contributed by atoms with van der Waals surface area (Å²) in [6, 6.07) is 9.65. The number of fused-ring (bicyclic) bond motifs is 1. The van der Waals surface area contributed by atoms with Crippen molar-refractivity contribution >= 4 is 16.7 Å². The molecule has 0 aliphatic heterocycles. The van der Waals surface area contributed by atoms with Gasteiger partial charge in [-0.2, -0.15) is 0 Å². The molecule has 1 aliphatic rings. The summed E-state index contributed by atoms with van der Waals surface area (Å²) in [5, 5.41) is 1.05. The maximum absolute atomic E-state index is 13.0. The van der Waals surface area contributed by atoms with Crippen LogP contribution in [0.4, 0.5) is 0 Å². The number of hydrogen-bond donors (Lipinski definition) is 0. The highest BCUT2D eigenvalue weighted by atomic mass is 16.5. The Morgan fingerprint density at radius 3 is 2.76 bits per heavy atom. The molecule has 0 saturated heterocycles. The molecule has 1 heterocycles. The molecule has 0 radical (unpaired) electrons. The van der Waals surface area contributed by atoms with Gasteiger partial charge in [-0.05, 0) is 43.7 Å². The van der Waals surface area contributed by atoms with E-state index in [0.29, 0.717) is 11.5 Å². The molecule has 0 bridgehead atoms. The Labute approximate surface area is 125 Å². The second-order valence-electron chi connectivity index (χ2n) is 6.12. The van der Waals surface area contributed by atoms with Crippen molar-refractivity contribution in [2.24, 2.45) is 5.92 Å². The molecule has 1 fully saturated rings. The highest BCUT2D eigenvalue weighted by Gasteiger charge is 2.41. The SMILES string of the molecule is COC1(C(=O)c2ccc3cccnc3c2)CCC(C)CC1. The minimum atomic E-state index is -0.644. The number of nitrogens with zero attached hydrogens (tertiary/aromatic N) is 1. The van der Waals surface area contributed by atoms with E-state index < -0.39 is 5.60 Å². The van der Waals surface area contributed by atoms with Crippen molar-refractivity contribution in [2.75, 3.05) is 7.11 Å². The second kappa shape index (κ2) is 5.57. The Morgan fingerprint density at radius 1 is 1.29 bits per heavy atom. The van der Waals surface area contributed by atoms with Crippen LogP contribution < -0.4 is 0 Å². The highest BCUT2D eigenvalue weighted by Crippen LogP contribution is 2.37. The van der Waals surface area contributed by atoms with E-state index in [4.69, 9.17) is 4.74 Å². The fourth-order valence-electron chi connectivity index (χ4n) is 3.22. The number of Topliss-reactive ketones (excluding diaryl/α,β-unsaturated/α-hetero) is 1. The van der Waals surface area contributed by atoms with Crippen molar-refractivity contribution in [2.45, 2.75) is 38.2 Å². The van der Waals surface area contributed by atoms with Gasteiger partial charge in [-0.1, -0.05) is 25.1 Å². The number of rotatable bonds is 3. The lowest BCUT2D eigenvalue weighted by Gasteiger charge is -2.37. The second-order valence-corrected chi connectivity index (χ2v) is 6.12. The van der Waals surface area contributed by atoms with Gasteiger partial charge < -0.3 is 4.74 Å². The predicted octanol–water partition coefficient (Wildman–Crippen LogP) is 4.01. The fraction of sp³-hybridized carbons (Fsp3) is 0.444. The highest BCUT2D eigenvalue weighted by molar-refractivity contribution is 6.04. The number of hydrogen-bond acceptors (Lipinski definition) is 3. The lowest BCUT2D eigenvalue weighted by atomic mass is 9.75. The standard InChI is InChI=1S/C18H21NO2/c1-13-7-9-18(21-2,10-8-13)17(20)15-6-5-14-4-3-11-19-16(14)12-15/h3-6,11-13H,7-10H2,1-2H3.